The van der Waals surface area contributed by atoms with Gasteiger partial charge in [0, 0.05) is 5.69 Å². The molecule has 0 saturated heterocycles. The van der Waals surface area contributed by atoms with Gasteiger partial charge in [-0.2, -0.15) is 0 Å². The van der Waals surface area contributed by atoms with Crippen LogP contribution in [0.3, 0.4) is 0 Å². The Hall–Kier alpha value is -1.99. The summed E-state index contributed by atoms with van der Waals surface area (Å²) in [5.41, 5.74) is 4.29. The number of ether oxygens (including phenoxy) is 1. The van der Waals surface area contributed by atoms with Gasteiger partial charge in [-0.05, 0) is 19.1 Å². The highest BCUT2D eigenvalue weighted by molar-refractivity contribution is 6.83. The van der Waals surface area contributed by atoms with E-state index in [0.717, 1.165) is 5.69 Å². The third-order valence-electron chi connectivity index (χ3n) is 2.93. The molecule has 0 heterocycles. The Balaban J connectivity index is 3.12. The molecule has 22 heavy (non-hydrogen) atoms. The molecule has 0 aliphatic carbocycles. The van der Waals surface area contributed by atoms with Crippen LogP contribution in [0, 0.1) is 17.4 Å². The number of allylic oxidation sites excluding steroid dienone is 1. The predicted molar refractivity (Wildman–Crippen MR) is 95.3 cm³/mol. The molecule has 0 bridgehead atoms. The van der Waals surface area contributed by atoms with Gasteiger partial charge in [0.15, 0.2) is 0 Å². The van der Waals surface area contributed by atoms with E-state index in [1.165, 1.54) is 7.11 Å². The molecule has 1 N–H and O–H groups in total. The molecule has 0 fully saturated rings. The summed E-state index contributed by atoms with van der Waals surface area (Å²) >= 11 is 0. The summed E-state index contributed by atoms with van der Waals surface area (Å²) in [5.74, 6) is 2.54. The smallest absolute Gasteiger partial charge is 0.315 e. The second-order valence-electron chi connectivity index (χ2n) is 6.08. The van der Waals surface area contributed by atoms with Gasteiger partial charge in [-0.3, -0.25) is 4.79 Å². The van der Waals surface area contributed by atoms with E-state index in [0.29, 0.717) is 0 Å². The minimum Gasteiger partial charge on any atom is -0.468 e. The fourth-order valence-corrected chi connectivity index (χ4v) is 2.48. The second-order valence-corrected chi connectivity index (χ2v) is 10.8. The minimum absolute atomic E-state index is 0.281. The maximum Gasteiger partial charge on any atom is 0.315 e. The molecule has 3 nitrogen and oxygen atoms in total. The fourth-order valence-electron chi connectivity index (χ4n) is 1.89. The van der Waals surface area contributed by atoms with Gasteiger partial charge in [0.05, 0.1) is 7.11 Å². The third kappa shape index (κ3) is 6.19. The minimum atomic E-state index is -1.53. The topological polar surface area (TPSA) is 38.3 Å². The number of carbonyl (C=O) groups is 1. The lowest BCUT2D eigenvalue weighted by Gasteiger charge is -2.21. The molecule has 0 amide bonds. The number of para-hydroxylation sites is 1. The summed E-state index contributed by atoms with van der Waals surface area (Å²) in [4.78, 5) is 12.1. The molecule has 0 unspecified atom stereocenters. The van der Waals surface area contributed by atoms with Gasteiger partial charge in [-0.25, -0.2) is 0 Å². The average Bonchev–Trinajstić information content (AvgIpc) is 2.48. The summed E-state index contributed by atoms with van der Waals surface area (Å²) in [6.45, 7) is 8.44. The number of nitrogens with one attached hydrogen (secondary N) is 1. The fraction of sp³-hybridized carbons (Fsp3) is 0.389. The van der Waals surface area contributed by atoms with Gasteiger partial charge in [0.1, 0.15) is 20.0 Å². The van der Waals surface area contributed by atoms with Crippen LogP contribution in [0.5, 0.6) is 0 Å². The van der Waals surface area contributed by atoms with E-state index < -0.39 is 14.0 Å². The van der Waals surface area contributed by atoms with E-state index in [1.807, 2.05) is 49.4 Å². The first-order chi connectivity index (χ1) is 10.4. The number of hydrogen-bond acceptors (Lipinski definition) is 3. The zero-order chi connectivity index (χ0) is 16.6. The van der Waals surface area contributed by atoms with Crippen molar-refractivity contribution in [2.24, 2.45) is 5.92 Å². The molecule has 1 rings (SSSR count). The van der Waals surface area contributed by atoms with Crippen molar-refractivity contribution in [2.45, 2.75) is 32.6 Å². The molecule has 0 saturated carbocycles. The Morgan fingerprint density at radius 3 is 2.41 bits per heavy atom. The molecule has 1 aromatic rings. The zero-order valence-corrected chi connectivity index (χ0v) is 15.0. The van der Waals surface area contributed by atoms with E-state index in [9.17, 15) is 4.79 Å². The van der Waals surface area contributed by atoms with E-state index in [-0.39, 0.29) is 12.0 Å². The van der Waals surface area contributed by atoms with Crippen LogP contribution >= 0.6 is 0 Å². The lowest BCUT2D eigenvalue weighted by Crippen LogP contribution is -2.34. The number of benzene rings is 1. The first-order valence-corrected chi connectivity index (χ1v) is 10.9. The molecule has 0 aliphatic heterocycles. The molecule has 0 radical (unpaired) electrons. The van der Waals surface area contributed by atoms with Crippen LogP contribution in [-0.2, 0) is 9.53 Å². The maximum absolute atomic E-state index is 12.1. The summed E-state index contributed by atoms with van der Waals surface area (Å²) in [7, 11) is -0.121. The van der Waals surface area contributed by atoms with Crippen LogP contribution < -0.4 is 5.32 Å². The normalized spacial score (nSPS) is 13.9. The Morgan fingerprint density at radius 2 is 1.91 bits per heavy atom. The van der Waals surface area contributed by atoms with E-state index in [2.05, 4.69) is 36.4 Å². The molecular formula is C18H25NO2Si. The molecular weight excluding hydrogens is 290 g/mol. The van der Waals surface area contributed by atoms with Gasteiger partial charge < -0.3 is 10.1 Å². The third-order valence-corrected chi connectivity index (χ3v) is 3.83. The molecule has 0 aliphatic rings. The number of carbonyl (C=O) groups excluding carboxylic acids is 1. The molecule has 0 spiro atoms. The molecule has 4 heteroatoms. The van der Waals surface area contributed by atoms with Crippen molar-refractivity contribution in [3.05, 3.63) is 42.5 Å². The molecule has 1 aromatic carbocycles. The quantitative estimate of drug-likeness (QED) is 0.389. The van der Waals surface area contributed by atoms with Crippen LogP contribution in [0.1, 0.15) is 6.92 Å². The van der Waals surface area contributed by atoms with Crippen molar-refractivity contribution < 1.29 is 9.53 Å². The Morgan fingerprint density at radius 1 is 1.27 bits per heavy atom. The Bertz CT molecular complexity index is 564. The number of anilines is 1. The first kappa shape index (κ1) is 18.1. The van der Waals surface area contributed by atoms with E-state index >= 15 is 0 Å². The predicted octanol–water partition coefficient (Wildman–Crippen LogP) is 3.71. The summed E-state index contributed by atoms with van der Waals surface area (Å²) < 4.78 is 4.93. The largest absolute Gasteiger partial charge is 0.468 e. The van der Waals surface area contributed by atoms with Crippen LogP contribution in [0.25, 0.3) is 0 Å². The highest BCUT2D eigenvalue weighted by atomic mass is 28.3. The van der Waals surface area contributed by atoms with Gasteiger partial charge in [-0.15, -0.1) is 5.54 Å². The monoisotopic (exact) mass is 315 g/mol. The maximum atomic E-state index is 12.1. The average molecular weight is 315 g/mol. The van der Waals surface area contributed by atoms with Gasteiger partial charge in [-0.1, -0.05) is 55.9 Å². The standard InChI is InChI=1S/C18H25NO2Si/c1-6-10-16(18(20)21-2)17(13-14-22(3,4)5)19-15-11-8-7-9-12-15/h6-12,16-17,19H,1-5H3/b10-6+/t16-,17-/m1/s1. The van der Waals surface area contributed by atoms with E-state index in [4.69, 9.17) is 4.74 Å². The number of hydrogen-bond donors (Lipinski definition) is 1. The van der Waals surface area contributed by atoms with Crippen molar-refractivity contribution in [1.29, 1.82) is 0 Å². The Labute approximate surface area is 134 Å². The molecule has 0 aromatic heterocycles. The summed E-state index contributed by atoms with van der Waals surface area (Å²) in [6.07, 6.45) is 3.70. The van der Waals surface area contributed by atoms with Gasteiger partial charge >= 0.3 is 5.97 Å². The Kier molecular flexibility index (Phi) is 6.94. The van der Waals surface area contributed by atoms with Crippen molar-refractivity contribution in [1.82, 2.24) is 0 Å². The van der Waals surface area contributed by atoms with Crippen LogP contribution in [0.4, 0.5) is 5.69 Å². The summed E-state index contributed by atoms with van der Waals surface area (Å²) in [6, 6.07) is 9.48. The molecule has 2 atom stereocenters. The molecule has 118 valence electrons. The van der Waals surface area contributed by atoms with Crippen molar-refractivity contribution in [3.8, 4) is 11.5 Å². The zero-order valence-electron chi connectivity index (χ0n) is 14.0. The SMILES string of the molecule is C/C=C/[C@@H](C(=O)OC)[C@@H](C#C[Si](C)(C)C)Nc1ccccc1. The lowest BCUT2D eigenvalue weighted by molar-refractivity contribution is -0.143. The van der Waals surface area contributed by atoms with Gasteiger partial charge in [0.25, 0.3) is 0 Å². The number of esters is 1. The summed E-state index contributed by atoms with van der Waals surface area (Å²) in [5, 5.41) is 3.35. The van der Waals surface area contributed by atoms with Crippen molar-refractivity contribution in [3.63, 3.8) is 0 Å². The van der Waals surface area contributed by atoms with Crippen LogP contribution in [0.2, 0.25) is 19.6 Å². The second kappa shape index (κ2) is 8.45. The first-order valence-electron chi connectivity index (χ1n) is 7.42. The van der Waals surface area contributed by atoms with Gasteiger partial charge in [0.2, 0.25) is 0 Å². The highest BCUT2D eigenvalue weighted by Gasteiger charge is 2.26. The van der Waals surface area contributed by atoms with Crippen molar-refractivity contribution in [2.75, 3.05) is 12.4 Å². The number of rotatable bonds is 5. The van der Waals surface area contributed by atoms with Crippen LogP contribution in [-0.4, -0.2) is 27.2 Å². The number of methoxy groups -OCH3 is 1. The van der Waals surface area contributed by atoms with E-state index in [1.54, 1.807) is 0 Å². The lowest BCUT2D eigenvalue weighted by atomic mass is 9.99. The van der Waals surface area contributed by atoms with Crippen LogP contribution in [0.15, 0.2) is 42.5 Å². The van der Waals surface area contributed by atoms with Crippen molar-refractivity contribution >= 4 is 19.7 Å². The highest BCUT2D eigenvalue weighted by Crippen LogP contribution is 2.16.